The van der Waals surface area contributed by atoms with Gasteiger partial charge in [0.15, 0.2) is 0 Å². The van der Waals surface area contributed by atoms with Gasteiger partial charge in [0, 0.05) is 30.2 Å². The third kappa shape index (κ3) is 4.56. The molecule has 0 aromatic heterocycles. The van der Waals surface area contributed by atoms with Crippen LogP contribution in [0.25, 0.3) is 0 Å². The highest BCUT2D eigenvalue weighted by molar-refractivity contribution is 8.23. The van der Waals surface area contributed by atoms with Crippen molar-refractivity contribution in [2.45, 2.75) is 57.2 Å². The molecule has 1 aliphatic carbocycles. The molecule has 0 bridgehead atoms. The van der Waals surface area contributed by atoms with Crippen LogP contribution >= 0.6 is 24.0 Å². The van der Waals surface area contributed by atoms with Crippen molar-refractivity contribution >= 4 is 34.3 Å². The van der Waals surface area contributed by atoms with E-state index < -0.39 is 0 Å². The molecule has 5 heteroatoms. The van der Waals surface area contributed by atoms with E-state index in [0.29, 0.717) is 35.1 Å². The van der Waals surface area contributed by atoms with Crippen molar-refractivity contribution < 1.29 is 9.53 Å². The normalized spacial score (nSPS) is 26.7. The van der Waals surface area contributed by atoms with Crippen LogP contribution in [0, 0.1) is 5.41 Å². The Balaban J connectivity index is 1.74. The van der Waals surface area contributed by atoms with Gasteiger partial charge in [-0.3, -0.25) is 4.79 Å². The number of thiocarbonyl (C=S) groups is 1. The first-order chi connectivity index (χ1) is 12.1. The van der Waals surface area contributed by atoms with E-state index in [1.54, 1.807) is 11.8 Å². The number of nitrogens with zero attached hydrogens (tertiary/aromatic N) is 1. The molecule has 1 heterocycles. The zero-order chi connectivity index (χ0) is 17.7. The van der Waals surface area contributed by atoms with Crippen LogP contribution in [0.3, 0.4) is 0 Å². The molecule has 3 rings (SSSR count). The molecule has 0 radical (unpaired) electrons. The Morgan fingerprint density at radius 3 is 2.88 bits per heavy atom. The summed E-state index contributed by atoms with van der Waals surface area (Å²) in [5.74, 6) is 0.290. The Labute approximate surface area is 160 Å². The number of ether oxygens (including phenoxy) is 1. The Bertz CT molecular complexity index is 607. The minimum atomic E-state index is 0.0498. The van der Waals surface area contributed by atoms with E-state index in [9.17, 15) is 4.79 Å². The number of amides is 1. The van der Waals surface area contributed by atoms with Crippen LogP contribution < -0.4 is 0 Å². The number of carbonyl (C=O) groups is 1. The van der Waals surface area contributed by atoms with Crippen molar-refractivity contribution in [3.63, 3.8) is 0 Å². The molecule has 2 aliphatic rings. The first-order valence-corrected chi connectivity index (χ1v) is 10.6. The van der Waals surface area contributed by atoms with Crippen LogP contribution in [0.5, 0.6) is 0 Å². The summed E-state index contributed by atoms with van der Waals surface area (Å²) in [5, 5.41) is 0.388. The summed E-state index contributed by atoms with van der Waals surface area (Å²) in [6.45, 7) is 4.16. The quantitative estimate of drug-likeness (QED) is 0.706. The molecule has 2 fully saturated rings. The molecule has 1 spiro atoms. The number of likely N-dealkylation sites (tertiary alicyclic amines) is 1. The average Bonchev–Trinajstić information content (AvgIpc) is 2.78. The molecule has 136 valence electrons. The van der Waals surface area contributed by atoms with Crippen LogP contribution in [-0.2, 0) is 16.1 Å². The molecule has 2 atom stereocenters. The van der Waals surface area contributed by atoms with Crippen LogP contribution in [0.15, 0.2) is 30.3 Å². The van der Waals surface area contributed by atoms with E-state index in [1.165, 1.54) is 24.8 Å². The summed E-state index contributed by atoms with van der Waals surface area (Å²) in [4.78, 5) is 14.8. The molecular weight excluding hydrogens is 350 g/mol. The third-order valence-corrected chi connectivity index (χ3v) is 7.14. The van der Waals surface area contributed by atoms with Gasteiger partial charge in [-0.2, -0.15) is 0 Å². The topological polar surface area (TPSA) is 29.5 Å². The molecule has 1 saturated carbocycles. The molecule has 0 N–H and O–H groups in total. The lowest BCUT2D eigenvalue weighted by atomic mass is 9.79. The maximum atomic E-state index is 12.8. The van der Waals surface area contributed by atoms with Gasteiger partial charge in [-0.05, 0) is 37.5 Å². The van der Waals surface area contributed by atoms with Gasteiger partial charge in [-0.1, -0.05) is 61.4 Å². The number of carbonyl (C=O) groups excluding carboxylic acids is 1. The van der Waals surface area contributed by atoms with Crippen molar-refractivity contribution in [2.24, 2.45) is 5.41 Å². The molecule has 3 nitrogen and oxygen atoms in total. The van der Waals surface area contributed by atoms with Crippen molar-refractivity contribution in [1.82, 2.24) is 4.90 Å². The Morgan fingerprint density at radius 1 is 1.32 bits per heavy atom. The molecule has 1 aliphatic heterocycles. The van der Waals surface area contributed by atoms with Crippen LogP contribution in [0.2, 0.25) is 0 Å². The van der Waals surface area contributed by atoms with E-state index in [1.807, 2.05) is 25.1 Å². The SMILES string of the molecule is CCOC(=S)SC1CCCCCC12CC(=O)N(Cc1ccccc1)C2. The van der Waals surface area contributed by atoms with E-state index in [2.05, 4.69) is 17.0 Å². The molecule has 1 saturated heterocycles. The predicted octanol–water partition coefficient (Wildman–Crippen LogP) is 4.79. The fourth-order valence-corrected chi connectivity index (χ4v) is 5.87. The van der Waals surface area contributed by atoms with Crippen LogP contribution in [0.1, 0.15) is 51.0 Å². The van der Waals surface area contributed by atoms with Gasteiger partial charge in [0.05, 0.1) is 6.61 Å². The highest BCUT2D eigenvalue weighted by Gasteiger charge is 2.49. The highest BCUT2D eigenvalue weighted by atomic mass is 32.2. The number of benzene rings is 1. The summed E-state index contributed by atoms with van der Waals surface area (Å²) in [5.41, 5.74) is 1.25. The number of hydrogen-bond acceptors (Lipinski definition) is 4. The summed E-state index contributed by atoms with van der Waals surface area (Å²) in [6, 6.07) is 10.3. The van der Waals surface area contributed by atoms with Gasteiger partial charge >= 0.3 is 0 Å². The minimum absolute atomic E-state index is 0.0498. The Morgan fingerprint density at radius 2 is 2.12 bits per heavy atom. The number of hydrogen-bond donors (Lipinski definition) is 0. The van der Waals surface area contributed by atoms with E-state index in [-0.39, 0.29) is 5.41 Å². The van der Waals surface area contributed by atoms with Crippen molar-refractivity contribution in [3.8, 4) is 0 Å². The zero-order valence-electron chi connectivity index (χ0n) is 14.9. The molecule has 1 aromatic carbocycles. The van der Waals surface area contributed by atoms with Gasteiger partial charge in [-0.25, -0.2) is 0 Å². The van der Waals surface area contributed by atoms with Gasteiger partial charge in [0.25, 0.3) is 0 Å². The van der Waals surface area contributed by atoms with Crippen molar-refractivity contribution in [3.05, 3.63) is 35.9 Å². The van der Waals surface area contributed by atoms with Crippen molar-refractivity contribution in [2.75, 3.05) is 13.2 Å². The molecule has 2 unspecified atom stereocenters. The first kappa shape index (κ1) is 18.7. The lowest BCUT2D eigenvalue weighted by molar-refractivity contribution is -0.128. The second-order valence-corrected chi connectivity index (χ2v) is 8.97. The largest absolute Gasteiger partial charge is 0.479 e. The fraction of sp³-hybridized carbons (Fsp3) is 0.600. The summed E-state index contributed by atoms with van der Waals surface area (Å²) in [7, 11) is 0. The van der Waals surface area contributed by atoms with Gasteiger partial charge in [-0.15, -0.1) is 0 Å². The first-order valence-electron chi connectivity index (χ1n) is 9.28. The fourth-order valence-electron chi connectivity index (χ4n) is 4.17. The third-order valence-electron chi connectivity index (χ3n) is 5.40. The number of thioether (sulfide) groups is 1. The maximum absolute atomic E-state index is 12.8. The molecule has 1 amide bonds. The lowest BCUT2D eigenvalue weighted by Gasteiger charge is -2.35. The molecule has 25 heavy (non-hydrogen) atoms. The van der Waals surface area contributed by atoms with E-state index >= 15 is 0 Å². The van der Waals surface area contributed by atoms with E-state index in [4.69, 9.17) is 17.0 Å². The summed E-state index contributed by atoms with van der Waals surface area (Å²) in [6.07, 6.45) is 6.60. The molecular formula is C20H27NO2S2. The van der Waals surface area contributed by atoms with Gasteiger partial charge < -0.3 is 9.64 Å². The monoisotopic (exact) mass is 377 g/mol. The lowest BCUT2D eigenvalue weighted by Crippen LogP contribution is -2.36. The predicted molar refractivity (Wildman–Crippen MR) is 108 cm³/mol. The zero-order valence-corrected chi connectivity index (χ0v) is 16.5. The Kier molecular flexibility index (Phi) is 6.39. The van der Waals surface area contributed by atoms with E-state index in [0.717, 1.165) is 19.4 Å². The maximum Gasteiger partial charge on any atom is 0.223 e. The summed E-state index contributed by atoms with van der Waals surface area (Å²) >= 11 is 7.10. The standard InChI is InChI=1S/C20H27NO2S2/c1-2-23-19(24)25-17-11-7-4-8-12-20(17)13-18(22)21(15-20)14-16-9-5-3-6-10-16/h3,5-6,9-10,17H,2,4,7-8,11-15H2,1H3. The Hall–Kier alpha value is -1.07. The molecule has 1 aromatic rings. The number of rotatable bonds is 4. The summed E-state index contributed by atoms with van der Waals surface area (Å²) < 4.78 is 6.17. The van der Waals surface area contributed by atoms with Crippen LogP contribution in [-0.4, -0.2) is 33.6 Å². The smallest absolute Gasteiger partial charge is 0.223 e. The second-order valence-electron chi connectivity index (χ2n) is 7.16. The van der Waals surface area contributed by atoms with Crippen molar-refractivity contribution in [1.29, 1.82) is 0 Å². The average molecular weight is 378 g/mol. The highest BCUT2D eigenvalue weighted by Crippen LogP contribution is 2.49. The minimum Gasteiger partial charge on any atom is -0.479 e. The second kappa shape index (κ2) is 8.54. The van der Waals surface area contributed by atoms with Crippen LogP contribution in [0.4, 0.5) is 0 Å². The van der Waals surface area contributed by atoms with Gasteiger partial charge in [0.2, 0.25) is 10.3 Å². The van der Waals surface area contributed by atoms with Gasteiger partial charge in [0.1, 0.15) is 0 Å².